The van der Waals surface area contributed by atoms with Crippen LogP contribution in [0.1, 0.15) is 32.6 Å². The third-order valence-corrected chi connectivity index (χ3v) is 4.29. The molecule has 0 aromatic carbocycles. The van der Waals surface area contributed by atoms with Gasteiger partial charge in [0.1, 0.15) is 0 Å². The summed E-state index contributed by atoms with van der Waals surface area (Å²) < 4.78 is 0. The highest BCUT2D eigenvalue weighted by Crippen LogP contribution is 2.06. The van der Waals surface area contributed by atoms with Crippen LogP contribution in [-0.2, 0) is 0 Å². The maximum Gasteiger partial charge on any atom is 0.0584 e. The van der Waals surface area contributed by atoms with E-state index < -0.39 is 8.80 Å². The monoisotopic (exact) mass is 182 g/mol. The summed E-state index contributed by atoms with van der Waals surface area (Å²) >= 11 is 0. The van der Waals surface area contributed by atoms with E-state index in [1.165, 1.54) is 31.7 Å². The predicted molar refractivity (Wildman–Crippen MR) is 61.3 cm³/mol. The van der Waals surface area contributed by atoms with Crippen LogP contribution in [0, 0.1) is 0 Å². The minimum Gasteiger partial charge on any atom is -0.0991 e. The molecule has 12 heavy (non-hydrogen) atoms. The van der Waals surface area contributed by atoms with Gasteiger partial charge in [0.2, 0.25) is 0 Å². The van der Waals surface area contributed by atoms with Gasteiger partial charge in [0.05, 0.1) is 8.80 Å². The summed E-state index contributed by atoms with van der Waals surface area (Å²) in [6, 6.07) is 1.46. The average Bonchev–Trinajstić information content (AvgIpc) is 2.09. The molecule has 0 nitrogen and oxygen atoms in total. The van der Waals surface area contributed by atoms with Crippen molar-refractivity contribution in [2.45, 2.75) is 45.2 Å². The SMILES string of the molecule is C=CC=C[SiH](C)CCCCCC. The van der Waals surface area contributed by atoms with Gasteiger partial charge in [-0.25, -0.2) is 0 Å². The first kappa shape index (κ1) is 11.7. The van der Waals surface area contributed by atoms with Gasteiger partial charge < -0.3 is 0 Å². The third kappa shape index (κ3) is 7.80. The van der Waals surface area contributed by atoms with Crippen molar-refractivity contribution in [3.63, 3.8) is 0 Å². The number of rotatable bonds is 7. The van der Waals surface area contributed by atoms with Crippen LogP contribution >= 0.6 is 0 Å². The second kappa shape index (κ2) is 8.79. The Labute approximate surface area is 79.0 Å². The molecule has 0 aliphatic rings. The number of hydrogen-bond acceptors (Lipinski definition) is 0. The summed E-state index contributed by atoms with van der Waals surface area (Å²) in [4.78, 5) is 0. The van der Waals surface area contributed by atoms with E-state index in [1.807, 2.05) is 6.08 Å². The maximum atomic E-state index is 3.68. The molecule has 0 bridgehead atoms. The van der Waals surface area contributed by atoms with E-state index in [-0.39, 0.29) is 0 Å². The van der Waals surface area contributed by atoms with Gasteiger partial charge in [-0.3, -0.25) is 0 Å². The lowest BCUT2D eigenvalue weighted by Gasteiger charge is -2.02. The third-order valence-electron chi connectivity index (χ3n) is 2.09. The van der Waals surface area contributed by atoms with Crippen molar-refractivity contribution in [2.24, 2.45) is 0 Å². The molecule has 0 aliphatic carbocycles. The molecule has 0 spiro atoms. The molecular weight excluding hydrogens is 160 g/mol. The average molecular weight is 182 g/mol. The van der Waals surface area contributed by atoms with Gasteiger partial charge in [0.25, 0.3) is 0 Å². The Balaban J connectivity index is 3.24. The number of hydrogen-bond donors (Lipinski definition) is 0. The molecule has 1 unspecified atom stereocenters. The molecule has 1 heteroatoms. The molecular formula is C11H22Si. The molecule has 1 atom stereocenters. The van der Waals surface area contributed by atoms with Gasteiger partial charge in [-0.15, -0.1) is 0 Å². The first-order valence-electron chi connectivity index (χ1n) is 5.10. The fourth-order valence-electron chi connectivity index (χ4n) is 1.26. The van der Waals surface area contributed by atoms with Crippen molar-refractivity contribution in [1.29, 1.82) is 0 Å². The molecule has 70 valence electrons. The molecule has 0 rings (SSSR count). The van der Waals surface area contributed by atoms with Gasteiger partial charge in [-0.2, -0.15) is 0 Å². The summed E-state index contributed by atoms with van der Waals surface area (Å²) in [6.07, 6.45) is 9.61. The molecule has 0 fully saturated rings. The lowest BCUT2D eigenvalue weighted by atomic mass is 10.2. The van der Waals surface area contributed by atoms with E-state index in [1.54, 1.807) is 0 Å². The van der Waals surface area contributed by atoms with E-state index in [9.17, 15) is 0 Å². The van der Waals surface area contributed by atoms with E-state index >= 15 is 0 Å². The minimum atomic E-state index is -0.514. The minimum absolute atomic E-state index is 0.514. The van der Waals surface area contributed by atoms with E-state index in [0.29, 0.717) is 0 Å². The molecule has 0 aromatic rings. The van der Waals surface area contributed by atoms with Crippen LogP contribution in [0.4, 0.5) is 0 Å². The quantitative estimate of drug-likeness (QED) is 0.320. The van der Waals surface area contributed by atoms with E-state index in [0.717, 1.165) is 0 Å². The van der Waals surface area contributed by atoms with Crippen LogP contribution in [-0.4, -0.2) is 8.80 Å². The van der Waals surface area contributed by atoms with Crippen molar-refractivity contribution in [3.05, 3.63) is 24.4 Å². The summed E-state index contributed by atoms with van der Waals surface area (Å²) in [5, 5.41) is 0. The molecule has 0 saturated carbocycles. The van der Waals surface area contributed by atoms with Crippen LogP contribution in [0.3, 0.4) is 0 Å². The van der Waals surface area contributed by atoms with E-state index in [2.05, 4.69) is 31.8 Å². The smallest absolute Gasteiger partial charge is 0.0584 e. The Morgan fingerprint density at radius 1 is 1.25 bits per heavy atom. The van der Waals surface area contributed by atoms with Gasteiger partial charge >= 0.3 is 0 Å². The van der Waals surface area contributed by atoms with Crippen LogP contribution < -0.4 is 0 Å². The van der Waals surface area contributed by atoms with Crippen molar-refractivity contribution < 1.29 is 0 Å². The predicted octanol–water partition coefficient (Wildman–Crippen LogP) is 3.71. The standard InChI is InChI=1S/C11H22Si/c1-4-6-8-9-11-12(3)10-7-5-2/h5,7,10,12H,2,4,6,8-9,11H2,1,3H3. The van der Waals surface area contributed by atoms with E-state index in [4.69, 9.17) is 0 Å². The van der Waals surface area contributed by atoms with Crippen molar-refractivity contribution in [3.8, 4) is 0 Å². The van der Waals surface area contributed by atoms with Crippen LogP contribution in [0.25, 0.3) is 0 Å². The van der Waals surface area contributed by atoms with Crippen molar-refractivity contribution in [1.82, 2.24) is 0 Å². The normalized spacial score (nSPS) is 13.5. The Hall–Kier alpha value is -0.303. The van der Waals surface area contributed by atoms with Gasteiger partial charge in [0, 0.05) is 0 Å². The Morgan fingerprint density at radius 3 is 2.58 bits per heavy atom. The van der Waals surface area contributed by atoms with Crippen LogP contribution in [0.5, 0.6) is 0 Å². The number of allylic oxidation sites excluding steroid dienone is 2. The Morgan fingerprint density at radius 2 is 2.00 bits per heavy atom. The molecule has 0 saturated heterocycles. The van der Waals surface area contributed by atoms with Crippen molar-refractivity contribution in [2.75, 3.05) is 0 Å². The van der Waals surface area contributed by atoms with Crippen LogP contribution in [0.2, 0.25) is 12.6 Å². The number of unbranched alkanes of at least 4 members (excludes halogenated alkanes) is 3. The fourth-order valence-corrected chi connectivity index (χ4v) is 2.92. The maximum absolute atomic E-state index is 3.68. The topological polar surface area (TPSA) is 0 Å². The fraction of sp³-hybridized carbons (Fsp3) is 0.636. The molecule has 0 heterocycles. The highest BCUT2D eigenvalue weighted by atomic mass is 28.3. The first-order chi connectivity index (χ1) is 5.81. The van der Waals surface area contributed by atoms with Crippen LogP contribution in [0.15, 0.2) is 24.4 Å². The highest BCUT2D eigenvalue weighted by Gasteiger charge is 1.97. The lowest BCUT2D eigenvalue weighted by Crippen LogP contribution is -2.01. The molecule has 0 aliphatic heterocycles. The summed E-state index contributed by atoms with van der Waals surface area (Å²) in [5.41, 5.74) is 2.37. The second-order valence-corrected chi connectivity index (χ2v) is 6.36. The molecule has 0 aromatic heterocycles. The molecule has 0 amide bonds. The highest BCUT2D eigenvalue weighted by molar-refractivity contribution is 6.62. The zero-order chi connectivity index (χ0) is 9.23. The zero-order valence-electron chi connectivity index (χ0n) is 8.55. The summed E-state index contributed by atoms with van der Waals surface area (Å²) in [6.45, 7) is 8.35. The second-order valence-electron chi connectivity index (χ2n) is 3.45. The Bertz CT molecular complexity index is 127. The molecule has 0 radical (unpaired) electrons. The lowest BCUT2D eigenvalue weighted by molar-refractivity contribution is 0.699. The van der Waals surface area contributed by atoms with Gasteiger partial charge in [0.15, 0.2) is 0 Å². The summed E-state index contributed by atoms with van der Waals surface area (Å²) in [7, 11) is -0.514. The van der Waals surface area contributed by atoms with Gasteiger partial charge in [-0.1, -0.05) is 69.6 Å². The molecule has 0 N–H and O–H groups in total. The Kier molecular flexibility index (Phi) is 8.57. The van der Waals surface area contributed by atoms with Crippen molar-refractivity contribution >= 4 is 8.80 Å². The first-order valence-corrected chi connectivity index (χ1v) is 7.74. The van der Waals surface area contributed by atoms with Gasteiger partial charge in [-0.05, 0) is 0 Å². The summed E-state index contributed by atoms with van der Waals surface area (Å²) in [5.74, 6) is 0. The zero-order valence-corrected chi connectivity index (χ0v) is 9.71. The largest absolute Gasteiger partial charge is 0.0991 e.